The van der Waals surface area contributed by atoms with E-state index in [9.17, 15) is 4.79 Å². The minimum atomic E-state index is -0.191. The van der Waals surface area contributed by atoms with Crippen molar-refractivity contribution in [2.24, 2.45) is 11.7 Å². The minimum absolute atomic E-state index is 0.0936. The molecule has 0 bridgehead atoms. The summed E-state index contributed by atoms with van der Waals surface area (Å²) in [5.74, 6) is -0.285. The van der Waals surface area contributed by atoms with Gasteiger partial charge in [-0.3, -0.25) is 4.79 Å². The Kier molecular flexibility index (Phi) is 4.99. The number of rotatable bonds is 5. The Morgan fingerprint density at radius 3 is 2.50 bits per heavy atom. The van der Waals surface area contributed by atoms with Crippen LogP contribution in [0.2, 0.25) is 0 Å². The van der Waals surface area contributed by atoms with Crippen LogP contribution in [-0.2, 0) is 16.0 Å². The number of hydrogen-bond donors (Lipinski definition) is 1. The van der Waals surface area contributed by atoms with E-state index in [-0.39, 0.29) is 24.5 Å². The summed E-state index contributed by atoms with van der Waals surface area (Å²) in [6, 6.07) is 9.82. The zero-order valence-electron chi connectivity index (χ0n) is 9.85. The number of hydrogen-bond acceptors (Lipinski definition) is 3. The van der Waals surface area contributed by atoms with Gasteiger partial charge in [0.25, 0.3) is 0 Å². The van der Waals surface area contributed by atoms with Crippen molar-refractivity contribution in [3.05, 3.63) is 35.9 Å². The fraction of sp³-hybridized carbons (Fsp3) is 0.462. The van der Waals surface area contributed by atoms with E-state index >= 15 is 0 Å². The van der Waals surface area contributed by atoms with Crippen LogP contribution >= 0.6 is 0 Å². The van der Waals surface area contributed by atoms with Gasteiger partial charge >= 0.3 is 5.97 Å². The molecule has 0 aliphatic carbocycles. The topological polar surface area (TPSA) is 52.3 Å². The van der Waals surface area contributed by atoms with Crippen molar-refractivity contribution in [2.75, 3.05) is 6.61 Å². The van der Waals surface area contributed by atoms with Gasteiger partial charge in [0.15, 0.2) is 0 Å². The SMILES string of the molecule is CC(C)C(=O)OC[C@H](N)Cc1ccccc1. The first kappa shape index (κ1) is 12.7. The summed E-state index contributed by atoms with van der Waals surface area (Å²) in [6.07, 6.45) is 0.728. The van der Waals surface area contributed by atoms with Gasteiger partial charge < -0.3 is 10.5 Å². The number of ether oxygens (including phenoxy) is 1. The molecule has 0 amide bonds. The first-order chi connectivity index (χ1) is 7.59. The molecule has 0 aliphatic heterocycles. The third-order valence-electron chi connectivity index (χ3n) is 2.25. The van der Waals surface area contributed by atoms with Crippen LogP contribution in [0.4, 0.5) is 0 Å². The monoisotopic (exact) mass is 221 g/mol. The number of esters is 1. The first-order valence-electron chi connectivity index (χ1n) is 5.55. The zero-order chi connectivity index (χ0) is 12.0. The van der Waals surface area contributed by atoms with Crippen LogP contribution in [-0.4, -0.2) is 18.6 Å². The molecular formula is C13H19NO2. The van der Waals surface area contributed by atoms with Gasteiger partial charge in [0.1, 0.15) is 6.61 Å². The summed E-state index contributed by atoms with van der Waals surface area (Å²) >= 11 is 0. The van der Waals surface area contributed by atoms with Gasteiger partial charge in [-0.15, -0.1) is 0 Å². The lowest BCUT2D eigenvalue weighted by Gasteiger charge is -2.13. The van der Waals surface area contributed by atoms with E-state index in [2.05, 4.69) is 0 Å². The molecule has 0 fully saturated rings. The summed E-state index contributed by atoms with van der Waals surface area (Å²) < 4.78 is 5.07. The molecule has 0 spiro atoms. The number of carbonyl (C=O) groups excluding carboxylic acids is 1. The van der Waals surface area contributed by atoms with Gasteiger partial charge in [0.05, 0.1) is 5.92 Å². The van der Waals surface area contributed by atoms with Crippen LogP contribution in [0, 0.1) is 5.92 Å². The van der Waals surface area contributed by atoms with Crippen LogP contribution in [0.15, 0.2) is 30.3 Å². The van der Waals surface area contributed by atoms with Gasteiger partial charge in [-0.05, 0) is 12.0 Å². The lowest BCUT2D eigenvalue weighted by atomic mass is 10.1. The summed E-state index contributed by atoms with van der Waals surface area (Å²) in [6.45, 7) is 3.90. The maximum absolute atomic E-state index is 11.2. The van der Waals surface area contributed by atoms with Crippen molar-refractivity contribution in [1.82, 2.24) is 0 Å². The van der Waals surface area contributed by atoms with Crippen LogP contribution in [0.25, 0.3) is 0 Å². The third-order valence-corrected chi connectivity index (χ3v) is 2.25. The van der Waals surface area contributed by atoms with E-state index in [1.807, 2.05) is 44.2 Å². The summed E-state index contributed by atoms with van der Waals surface area (Å²) in [7, 11) is 0. The standard InChI is InChI=1S/C13H19NO2/c1-10(2)13(15)16-9-12(14)8-11-6-4-3-5-7-11/h3-7,10,12H,8-9,14H2,1-2H3/t12-/m1/s1. The van der Waals surface area contributed by atoms with Crippen LogP contribution in [0.1, 0.15) is 19.4 Å². The van der Waals surface area contributed by atoms with Crippen LogP contribution < -0.4 is 5.73 Å². The molecule has 0 radical (unpaired) electrons. The fourth-order valence-corrected chi connectivity index (χ4v) is 1.33. The minimum Gasteiger partial charge on any atom is -0.464 e. The Balaban J connectivity index is 2.31. The van der Waals surface area contributed by atoms with Crippen molar-refractivity contribution in [3.8, 4) is 0 Å². The van der Waals surface area contributed by atoms with Gasteiger partial charge in [0, 0.05) is 6.04 Å². The molecule has 1 aromatic carbocycles. The van der Waals surface area contributed by atoms with Crippen molar-refractivity contribution < 1.29 is 9.53 Å². The van der Waals surface area contributed by atoms with E-state index in [1.165, 1.54) is 0 Å². The van der Waals surface area contributed by atoms with Gasteiger partial charge in [-0.25, -0.2) is 0 Å². The molecule has 0 unspecified atom stereocenters. The highest BCUT2D eigenvalue weighted by Crippen LogP contribution is 2.03. The molecule has 3 heteroatoms. The Hall–Kier alpha value is -1.35. The fourth-order valence-electron chi connectivity index (χ4n) is 1.33. The zero-order valence-corrected chi connectivity index (χ0v) is 9.85. The van der Waals surface area contributed by atoms with Crippen molar-refractivity contribution in [2.45, 2.75) is 26.3 Å². The Labute approximate surface area is 96.6 Å². The van der Waals surface area contributed by atoms with E-state index in [4.69, 9.17) is 10.5 Å². The molecule has 0 aliphatic rings. The average Bonchev–Trinajstić information content (AvgIpc) is 2.27. The average molecular weight is 221 g/mol. The molecule has 1 aromatic rings. The van der Waals surface area contributed by atoms with E-state index < -0.39 is 0 Å². The van der Waals surface area contributed by atoms with Crippen LogP contribution in [0.3, 0.4) is 0 Å². The second-order valence-corrected chi connectivity index (χ2v) is 4.23. The number of benzene rings is 1. The summed E-state index contributed by atoms with van der Waals surface area (Å²) in [5, 5.41) is 0. The molecular weight excluding hydrogens is 202 g/mol. The largest absolute Gasteiger partial charge is 0.464 e. The molecule has 3 nitrogen and oxygen atoms in total. The Morgan fingerprint density at radius 2 is 1.94 bits per heavy atom. The Morgan fingerprint density at radius 1 is 1.31 bits per heavy atom. The highest BCUT2D eigenvalue weighted by Gasteiger charge is 2.11. The highest BCUT2D eigenvalue weighted by molar-refractivity contribution is 5.71. The smallest absolute Gasteiger partial charge is 0.308 e. The molecule has 0 saturated carbocycles. The van der Waals surface area contributed by atoms with E-state index in [0.29, 0.717) is 0 Å². The highest BCUT2D eigenvalue weighted by atomic mass is 16.5. The molecule has 1 rings (SSSR count). The molecule has 0 aromatic heterocycles. The summed E-state index contributed by atoms with van der Waals surface area (Å²) in [4.78, 5) is 11.2. The second-order valence-electron chi connectivity index (χ2n) is 4.23. The number of nitrogens with two attached hydrogens (primary N) is 1. The first-order valence-corrected chi connectivity index (χ1v) is 5.55. The van der Waals surface area contributed by atoms with Crippen molar-refractivity contribution in [3.63, 3.8) is 0 Å². The molecule has 88 valence electrons. The molecule has 0 saturated heterocycles. The van der Waals surface area contributed by atoms with E-state index in [0.717, 1.165) is 12.0 Å². The van der Waals surface area contributed by atoms with Crippen molar-refractivity contribution in [1.29, 1.82) is 0 Å². The summed E-state index contributed by atoms with van der Waals surface area (Å²) in [5.41, 5.74) is 7.04. The normalized spacial score (nSPS) is 12.5. The second kappa shape index (κ2) is 6.28. The predicted octanol–water partition coefficient (Wildman–Crippen LogP) is 1.76. The van der Waals surface area contributed by atoms with Gasteiger partial charge in [-0.1, -0.05) is 44.2 Å². The number of carbonyl (C=O) groups is 1. The van der Waals surface area contributed by atoms with Gasteiger partial charge in [-0.2, -0.15) is 0 Å². The Bertz CT molecular complexity index is 322. The molecule has 0 heterocycles. The molecule has 2 N–H and O–H groups in total. The van der Waals surface area contributed by atoms with Crippen LogP contribution in [0.5, 0.6) is 0 Å². The molecule has 16 heavy (non-hydrogen) atoms. The lowest BCUT2D eigenvalue weighted by molar-refractivity contribution is -0.147. The van der Waals surface area contributed by atoms with Gasteiger partial charge in [0.2, 0.25) is 0 Å². The predicted molar refractivity (Wildman–Crippen MR) is 63.9 cm³/mol. The maximum Gasteiger partial charge on any atom is 0.308 e. The lowest BCUT2D eigenvalue weighted by Crippen LogP contribution is -2.30. The third kappa shape index (κ3) is 4.45. The van der Waals surface area contributed by atoms with E-state index in [1.54, 1.807) is 0 Å². The van der Waals surface area contributed by atoms with Crippen molar-refractivity contribution >= 4 is 5.97 Å². The quantitative estimate of drug-likeness (QED) is 0.771. The molecule has 1 atom stereocenters. The maximum atomic E-state index is 11.2.